The summed E-state index contributed by atoms with van der Waals surface area (Å²) < 4.78 is 5.81. The third kappa shape index (κ3) is 5.07. The minimum Gasteiger partial charge on any atom is -0.448 e. The number of halogens is 1. The van der Waals surface area contributed by atoms with E-state index in [-0.39, 0.29) is 17.7 Å². The van der Waals surface area contributed by atoms with Crippen LogP contribution in [0.5, 0.6) is 0 Å². The number of hydrogen-bond acceptors (Lipinski definition) is 4. The van der Waals surface area contributed by atoms with E-state index in [1.54, 1.807) is 36.4 Å². The topological polar surface area (TPSA) is 83.7 Å². The third-order valence-corrected chi connectivity index (χ3v) is 3.32. The van der Waals surface area contributed by atoms with Crippen molar-refractivity contribution in [1.29, 1.82) is 0 Å². The number of anilines is 1. The molecule has 23 heavy (non-hydrogen) atoms. The first-order chi connectivity index (χ1) is 11.0. The summed E-state index contributed by atoms with van der Waals surface area (Å²) >= 11 is 3.18. The molecule has 6 nitrogen and oxygen atoms in total. The van der Waals surface area contributed by atoms with E-state index in [4.69, 9.17) is 4.42 Å². The van der Waals surface area contributed by atoms with E-state index in [0.717, 1.165) is 0 Å². The molecule has 0 fully saturated rings. The van der Waals surface area contributed by atoms with Gasteiger partial charge >= 0.3 is 0 Å². The Morgan fingerprint density at radius 3 is 2.43 bits per heavy atom. The molecule has 0 saturated heterocycles. The Balaban J connectivity index is 1.92. The second-order valence-electron chi connectivity index (χ2n) is 5.06. The molecule has 0 aliphatic heterocycles. The molecule has 1 heterocycles. The highest BCUT2D eigenvalue weighted by Crippen LogP contribution is 2.12. The molecule has 0 saturated carbocycles. The number of hydrogen-bond donors (Lipinski definition) is 2. The lowest BCUT2D eigenvalue weighted by Crippen LogP contribution is -2.19. The SMILES string of the molecule is CC(C)C(=O)Nc1ccc(C(=O)N/N=C\c2ccc(Br)o2)cc1. The van der Waals surface area contributed by atoms with Crippen LogP contribution in [-0.2, 0) is 4.79 Å². The van der Waals surface area contributed by atoms with E-state index in [0.29, 0.717) is 21.7 Å². The van der Waals surface area contributed by atoms with Crippen LogP contribution in [0.25, 0.3) is 0 Å². The van der Waals surface area contributed by atoms with Gasteiger partial charge in [-0.3, -0.25) is 9.59 Å². The molecule has 0 atom stereocenters. The van der Waals surface area contributed by atoms with Gasteiger partial charge in [0.1, 0.15) is 5.76 Å². The average Bonchev–Trinajstić information content (AvgIpc) is 2.93. The minimum atomic E-state index is -0.353. The van der Waals surface area contributed by atoms with Crippen molar-refractivity contribution < 1.29 is 14.0 Å². The highest BCUT2D eigenvalue weighted by Gasteiger charge is 2.08. The predicted octanol–water partition coefficient (Wildman–Crippen LogP) is 3.40. The van der Waals surface area contributed by atoms with E-state index in [1.165, 1.54) is 6.21 Å². The summed E-state index contributed by atoms with van der Waals surface area (Å²) in [5.74, 6) is -0.0112. The van der Waals surface area contributed by atoms with Gasteiger partial charge < -0.3 is 9.73 Å². The Bertz CT molecular complexity index is 720. The fourth-order valence-corrected chi connectivity index (χ4v) is 1.93. The summed E-state index contributed by atoms with van der Waals surface area (Å²) in [4.78, 5) is 23.5. The Labute approximate surface area is 142 Å². The molecule has 1 aromatic heterocycles. The van der Waals surface area contributed by atoms with Gasteiger partial charge in [0.05, 0.1) is 6.21 Å². The molecule has 1 aromatic carbocycles. The highest BCUT2D eigenvalue weighted by molar-refractivity contribution is 9.10. The molecule has 0 unspecified atom stereocenters. The maximum Gasteiger partial charge on any atom is 0.271 e. The van der Waals surface area contributed by atoms with Crippen LogP contribution in [0, 0.1) is 5.92 Å². The standard InChI is InChI=1S/C16H16BrN3O3/c1-10(2)15(21)19-12-5-3-11(4-6-12)16(22)20-18-9-13-7-8-14(17)23-13/h3-10H,1-2H3,(H,19,21)(H,20,22)/b18-9-. The van der Waals surface area contributed by atoms with Crippen molar-refractivity contribution >= 4 is 39.6 Å². The number of rotatable bonds is 5. The summed E-state index contributed by atoms with van der Waals surface area (Å²) in [5.41, 5.74) is 3.48. The monoisotopic (exact) mass is 377 g/mol. The molecule has 7 heteroatoms. The largest absolute Gasteiger partial charge is 0.448 e. The summed E-state index contributed by atoms with van der Waals surface area (Å²) in [6.07, 6.45) is 1.40. The van der Waals surface area contributed by atoms with Crippen LogP contribution in [-0.4, -0.2) is 18.0 Å². The molecular weight excluding hydrogens is 362 g/mol. The number of amides is 2. The summed E-state index contributed by atoms with van der Waals surface area (Å²) in [5, 5.41) is 6.57. The molecule has 0 aliphatic carbocycles. The first kappa shape index (κ1) is 17.0. The Morgan fingerprint density at radius 1 is 1.17 bits per heavy atom. The second-order valence-corrected chi connectivity index (χ2v) is 5.84. The van der Waals surface area contributed by atoms with Gasteiger partial charge in [-0.1, -0.05) is 13.8 Å². The summed E-state index contributed by atoms with van der Waals surface area (Å²) in [7, 11) is 0. The molecular formula is C16H16BrN3O3. The molecule has 2 N–H and O–H groups in total. The lowest BCUT2D eigenvalue weighted by Gasteiger charge is -2.08. The Morgan fingerprint density at radius 2 is 1.87 bits per heavy atom. The lowest BCUT2D eigenvalue weighted by atomic mass is 10.1. The minimum absolute atomic E-state index is 0.0728. The first-order valence-corrected chi connectivity index (χ1v) is 7.74. The fourth-order valence-electron chi connectivity index (χ4n) is 1.61. The normalized spacial score (nSPS) is 11.0. The zero-order valence-corrected chi connectivity index (χ0v) is 14.3. The number of furan rings is 1. The summed E-state index contributed by atoms with van der Waals surface area (Å²) in [6, 6.07) is 10.0. The van der Waals surface area contributed by atoms with Gasteiger partial charge in [0, 0.05) is 17.2 Å². The van der Waals surface area contributed by atoms with Gasteiger partial charge in [-0.15, -0.1) is 0 Å². The Kier molecular flexibility index (Phi) is 5.70. The average molecular weight is 378 g/mol. The molecule has 120 valence electrons. The molecule has 0 bridgehead atoms. The van der Waals surface area contributed by atoms with Gasteiger partial charge in [0.25, 0.3) is 5.91 Å². The van der Waals surface area contributed by atoms with E-state index in [2.05, 4.69) is 31.8 Å². The van der Waals surface area contributed by atoms with Gasteiger partial charge in [0.2, 0.25) is 5.91 Å². The van der Waals surface area contributed by atoms with Crippen molar-refractivity contribution in [2.45, 2.75) is 13.8 Å². The van der Waals surface area contributed by atoms with Crippen molar-refractivity contribution in [2.75, 3.05) is 5.32 Å². The van der Waals surface area contributed by atoms with Crippen molar-refractivity contribution in [1.82, 2.24) is 5.43 Å². The van der Waals surface area contributed by atoms with Crippen molar-refractivity contribution in [3.05, 3.63) is 52.4 Å². The maximum absolute atomic E-state index is 11.9. The predicted molar refractivity (Wildman–Crippen MR) is 91.4 cm³/mol. The molecule has 2 aromatic rings. The van der Waals surface area contributed by atoms with Gasteiger partial charge in [-0.2, -0.15) is 5.10 Å². The van der Waals surface area contributed by atoms with Crippen LogP contribution in [0.4, 0.5) is 5.69 Å². The molecule has 0 aliphatic rings. The first-order valence-electron chi connectivity index (χ1n) is 6.95. The van der Waals surface area contributed by atoms with Crippen LogP contribution in [0.15, 0.2) is 50.6 Å². The van der Waals surface area contributed by atoms with E-state index in [9.17, 15) is 9.59 Å². The number of carbonyl (C=O) groups is 2. The number of carbonyl (C=O) groups excluding carboxylic acids is 2. The smallest absolute Gasteiger partial charge is 0.271 e. The summed E-state index contributed by atoms with van der Waals surface area (Å²) in [6.45, 7) is 3.62. The van der Waals surface area contributed by atoms with E-state index >= 15 is 0 Å². The molecule has 2 amide bonds. The number of nitrogens with one attached hydrogen (secondary N) is 2. The van der Waals surface area contributed by atoms with E-state index < -0.39 is 0 Å². The molecule has 0 radical (unpaired) electrons. The second kappa shape index (κ2) is 7.73. The van der Waals surface area contributed by atoms with Crippen LogP contribution in [0.3, 0.4) is 0 Å². The number of benzene rings is 1. The van der Waals surface area contributed by atoms with Crippen LogP contribution < -0.4 is 10.7 Å². The lowest BCUT2D eigenvalue weighted by molar-refractivity contribution is -0.118. The van der Waals surface area contributed by atoms with Crippen molar-refractivity contribution in [2.24, 2.45) is 11.0 Å². The number of nitrogens with zero attached hydrogens (tertiary/aromatic N) is 1. The third-order valence-electron chi connectivity index (χ3n) is 2.89. The zero-order chi connectivity index (χ0) is 16.8. The fraction of sp³-hybridized carbons (Fsp3) is 0.188. The van der Waals surface area contributed by atoms with Crippen LogP contribution in [0.1, 0.15) is 30.0 Å². The van der Waals surface area contributed by atoms with E-state index in [1.807, 2.05) is 13.8 Å². The van der Waals surface area contributed by atoms with Gasteiger partial charge in [0.15, 0.2) is 4.67 Å². The molecule has 2 rings (SSSR count). The van der Waals surface area contributed by atoms with Gasteiger partial charge in [-0.05, 0) is 52.3 Å². The quantitative estimate of drug-likeness (QED) is 0.618. The number of hydrazone groups is 1. The van der Waals surface area contributed by atoms with Crippen molar-refractivity contribution in [3.8, 4) is 0 Å². The zero-order valence-electron chi connectivity index (χ0n) is 12.7. The maximum atomic E-state index is 11.9. The van der Waals surface area contributed by atoms with Crippen LogP contribution >= 0.6 is 15.9 Å². The van der Waals surface area contributed by atoms with Gasteiger partial charge in [-0.25, -0.2) is 5.43 Å². The highest BCUT2D eigenvalue weighted by atomic mass is 79.9. The Hall–Kier alpha value is -2.41. The van der Waals surface area contributed by atoms with Crippen molar-refractivity contribution in [3.63, 3.8) is 0 Å². The van der Waals surface area contributed by atoms with Crippen LogP contribution in [0.2, 0.25) is 0 Å². The molecule has 0 spiro atoms.